The fourth-order valence-corrected chi connectivity index (χ4v) is 4.30. The Morgan fingerprint density at radius 1 is 1.12 bits per heavy atom. The molecule has 7 heteroatoms. The van der Waals surface area contributed by atoms with Crippen molar-refractivity contribution in [3.05, 3.63) is 72.2 Å². The van der Waals surface area contributed by atoms with Gasteiger partial charge in [0.05, 0.1) is 24.5 Å². The van der Waals surface area contributed by atoms with Crippen molar-refractivity contribution in [2.75, 3.05) is 44.8 Å². The van der Waals surface area contributed by atoms with Crippen LogP contribution < -0.4 is 10.1 Å². The Kier molecular flexibility index (Phi) is 6.43. The lowest BCUT2D eigenvalue weighted by molar-refractivity contribution is 0.0322. The number of hydrogen-bond acceptors (Lipinski definition) is 6. The number of nitrogens with one attached hydrogen (secondary N) is 2. The standard InChI is InChI=1S/C27H27N5O2/c1-19-23-8-9-30-26(23)7-6-25(19)31-27-21(16-28)17-29-18-24(27)20-2-4-22(5-3-20)34-15-12-32-10-13-33-14-11-32/h2-9,17-18,30H,10-15H2,1H3,(H,29,31). The molecule has 0 spiro atoms. The van der Waals surface area contributed by atoms with E-state index in [4.69, 9.17) is 9.47 Å². The fourth-order valence-electron chi connectivity index (χ4n) is 4.30. The summed E-state index contributed by atoms with van der Waals surface area (Å²) >= 11 is 0. The number of ether oxygens (including phenoxy) is 2. The predicted octanol–water partition coefficient (Wildman–Crippen LogP) is 4.86. The Hall–Kier alpha value is -3.86. The third kappa shape index (κ3) is 4.60. The van der Waals surface area contributed by atoms with Crippen LogP contribution in [0, 0.1) is 18.3 Å². The van der Waals surface area contributed by atoms with Crippen LogP contribution in [0.1, 0.15) is 11.1 Å². The highest BCUT2D eigenvalue weighted by Crippen LogP contribution is 2.35. The van der Waals surface area contributed by atoms with Gasteiger partial charge in [-0.15, -0.1) is 0 Å². The lowest BCUT2D eigenvalue weighted by atomic mass is 10.0. The molecular formula is C27H27N5O2. The van der Waals surface area contributed by atoms with E-state index in [9.17, 15) is 5.26 Å². The monoisotopic (exact) mass is 453 g/mol. The average Bonchev–Trinajstić information content (AvgIpc) is 3.37. The Labute approximate surface area is 198 Å². The number of rotatable bonds is 7. The van der Waals surface area contributed by atoms with Gasteiger partial charge in [-0.2, -0.15) is 5.26 Å². The van der Waals surface area contributed by atoms with Crippen LogP contribution in [-0.4, -0.2) is 54.3 Å². The zero-order valence-corrected chi connectivity index (χ0v) is 19.2. The van der Waals surface area contributed by atoms with Gasteiger partial charge >= 0.3 is 0 Å². The molecule has 0 saturated carbocycles. The summed E-state index contributed by atoms with van der Waals surface area (Å²) < 4.78 is 11.3. The van der Waals surface area contributed by atoms with E-state index in [1.807, 2.05) is 42.6 Å². The highest BCUT2D eigenvalue weighted by Gasteiger charge is 2.14. The molecule has 0 radical (unpaired) electrons. The number of nitrogens with zero attached hydrogens (tertiary/aromatic N) is 3. The summed E-state index contributed by atoms with van der Waals surface area (Å²) in [6.07, 6.45) is 5.32. The molecule has 1 fully saturated rings. The number of H-pyrrole nitrogens is 1. The van der Waals surface area contributed by atoms with Crippen LogP contribution in [0.15, 0.2) is 61.1 Å². The molecule has 2 aromatic carbocycles. The Balaban J connectivity index is 1.36. The van der Waals surface area contributed by atoms with Gasteiger partial charge in [-0.1, -0.05) is 12.1 Å². The van der Waals surface area contributed by atoms with Gasteiger partial charge in [0.2, 0.25) is 0 Å². The van der Waals surface area contributed by atoms with Gasteiger partial charge in [-0.25, -0.2) is 0 Å². The van der Waals surface area contributed by atoms with Crippen LogP contribution in [0.25, 0.3) is 22.0 Å². The van der Waals surface area contributed by atoms with E-state index in [-0.39, 0.29) is 0 Å². The van der Waals surface area contributed by atoms with E-state index < -0.39 is 0 Å². The van der Waals surface area contributed by atoms with E-state index in [1.54, 1.807) is 12.4 Å². The van der Waals surface area contributed by atoms with Crippen molar-refractivity contribution in [3.8, 4) is 22.9 Å². The number of pyridine rings is 1. The Morgan fingerprint density at radius 3 is 2.74 bits per heavy atom. The predicted molar refractivity (Wildman–Crippen MR) is 133 cm³/mol. The first-order valence-corrected chi connectivity index (χ1v) is 11.5. The highest BCUT2D eigenvalue weighted by atomic mass is 16.5. The molecule has 2 N–H and O–H groups in total. The zero-order chi connectivity index (χ0) is 23.3. The largest absolute Gasteiger partial charge is 0.492 e. The zero-order valence-electron chi connectivity index (χ0n) is 19.2. The van der Waals surface area contributed by atoms with E-state index >= 15 is 0 Å². The maximum absolute atomic E-state index is 9.76. The summed E-state index contributed by atoms with van der Waals surface area (Å²) in [5.41, 5.74) is 6.24. The number of morpholine rings is 1. The van der Waals surface area contributed by atoms with Crippen molar-refractivity contribution >= 4 is 22.3 Å². The lowest BCUT2D eigenvalue weighted by Crippen LogP contribution is -2.38. The van der Waals surface area contributed by atoms with Gasteiger partial charge < -0.3 is 19.8 Å². The van der Waals surface area contributed by atoms with Crippen molar-refractivity contribution in [2.24, 2.45) is 0 Å². The fraction of sp³-hybridized carbons (Fsp3) is 0.259. The van der Waals surface area contributed by atoms with Crippen LogP contribution >= 0.6 is 0 Å². The molecule has 172 valence electrons. The van der Waals surface area contributed by atoms with Crippen LogP contribution in [-0.2, 0) is 4.74 Å². The molecule has 2 aromatic heterocycles. The molecule has 5 rings (SSSR count). The quantitative estimate of drug-likeness (QED) is 0.415. The molecular weight excluding hydrogens is 426 g/mol. The molecule has 0 aliphatic carbocycles. The van der Waals surface area contributed by atoms with Gasteiger partial charge in [0.1, 0.15) is 18.4 Å². The lowest BCUT2D eigenvalue weighted by Gasteiger charge is -2.26. The summed E-state index contributed by atoms with van der Waals surface area (Å²) in [6, 6.07) is 16.4. The van der Waals surface area contributed by atoms with Crippen LogP contribution in [0.2, 0.25) is 0 Å². The van der Waals surface area contributed by atoms with Crippen LogP contribution in [0.5, 0.6) is 5.75 Å². The minimum Gasteiger partial charge on any atom is -0.492 e. The highest BCUT2D eigenvalue weighted by molar-refractivity contribution is 5.91. The number of hydrogen-bond donors (Lipinski definition) is 2. The summed E-state index contributed by atoms with van der Waals surface area (Å²) in [6.45, 7) is 7.09. The molecule has 3 heterocycles. The molecule has 1 aliphatic heterocycles. The number of aromatic amines is 1. The minimum atomic E-state index is 0.497. The number of aryl methyl sites for hydroxylation is 1. The first-order valence-electron chi connectivity index (χ1n) is 11.5. The summed E-state index contributed by atoms with van der Waals surface area (Å²) in [7, 11) is 0. The van der Waals surface area contributed by atoms with Crippen molar-refractivity contribution in [2.45, 2.75) is 6.92 Å². The summed E-state index contributed by atoms with van der Waals surface area (Å²) in [5, 5.41) is 14.4. The topological polar surface area (TPSA) is 86.2 Å². The molecule has 0 unspecified atom stereocenters. The number of anilines is 2. The molecule has 1 aliphatic rings. The number of nitriles is 1. The molecule has 0 amide bonds. The van der Waals surface area contributed by atoms with E-state index in [0.717, 1.165) is 77.6 Å². The van der Waals surface area contributed by atoms with E-state index in [1.165, 1.54) is 0 Å². The second kappa shape index (κ2) is 9.96. The second-order valence-electron chi connectivity index (χ2n) is 8.35. The normalized spacial score (nSPS) is 14.1. The smallest absolute Gasteiger partial charge is 0.119 e. The first kappa shape index (κ1) is 22.0. The van der Waals surface area contributed by atoms with Crippen molar-refractivity contribution in [1.82, 2.24) is 14.9 Å². The van der Waals surface area contributed by atoms with Gasteiger partial charge in [0, 0.05) is 60.4 Å². The summed E-state index contributed by atoms with van der Waals surface area (Å²) in [4.78, 5) is 9.90. The van der Waals surface area contributed by atoms with Crippen molar-refractivity contribution in [3.63, 3.8) is 0 Å². The molecule has 34 heavy (non-hydrogen) atoms. The third-order valence-electron chi connectivity index (χ3n) is 6.28. The van der Waals surface area contributed by atoms with E-state index in [0.29, 0.717) is 12.2 Å². The third-order valence-corrected chi connectivity index (χ3v) is 6.28. The average molecular weight is 454 g/mol. The van der Waals surface area contributed by atoms with E-state index in [2.05, 4.69) is 39.2 Å². The van der Waals surface area contributed by atoms with Crippen molar-refractivity contribution < 1.29 is 9.47 Å². The van der Waals surface area contributed by atoms with Gasteiger partial charge in [0.15, 0.2) is 0 Å². The first-order chi connectivity index (χ1) is 16.7. The SMILES string of the molecule is Cc1c(Nc2c(C#N)cncc2-c2ccc(OCCN3CCOCC3)cc2)ccc2[nH]ccc12. The Morgan fingerprint density at radius 2 is 1.94 bits per heavy atom. The van der Waals surface area contributed by atoms with Crippen LogP contribution in [0.3, 0.4) is 0 Å². The molecule has 7 nitrogen and oxygen atoms in total. The van der Waals surface area contributed by atoms with Gasteiger partial charge in [-0.05, 0) is 48.4 Å². The van der Waals surface area contributed by atoms with Gasteiger partial charge in [-0.3, -0.25) is 9.88 Å². The van der Waals surface area contributed by atoms with Crippen molar-refractivity contribution in [1.29, 1.82) is 5.26 Å². The Bertz CT molecular complexity index is 1320. The maximum atomic E-state index is 9.76. The number of aromatic nitrogens is 2. The minimum absolute atomic E-state index is 0.497. The second-order valence-corrected chi connectivity index (χ2v) is 8.35. The van der Waals surface area contributed by atoms with Crippen LogP contribution in [0.4, 0.5) is 11.4 Å². The molecule has 1 saturated heterocycles. The molecule has 0 bridgehead atoms. The molecule has 0 atom stereocenters. The number of fused-ring (bicyclic) bond motifs is 1. The maximum Gasteiger partial charge on any atom is 0.119 e. The number of benzene rings is 2. The van der Waals surface area contributed by atoms with Gasteiger partial charge in [0.25, 0.3) is 0 Å². The molecule has 4 aromatic rings. The summed E-state index contributed by atoms with van der Waals surface area (Å²) in [5.74, 6) is 0.824.